The van der Waals surface area contributed by atoms with Crippen molar-refractivity contribution >= 4 is 6.03 Å². The van der Waals surface area contributed by atoms with E-state index in [2.05, 4.69) is 5.32 Å². The molecule has 0 unspecified atom stereocenters. The lowest BCUT2D eigenvalue weighted by atomic mass is 10.2. The zero-order chi connectivity index (χ0) is 8.43. The van der Waals surface area contributed by atoms with E-state index in [9.17, 15) is 9.18 Å². The molecule has 0 aliphatic carbocycles. The number of carbonyl (C=O) groups excluding carboxylic acids is 1. The molecule has 0 aromatic heterocycles. The number of halogens is 1. The number of nitrogens with one attached hydrogen (secondary N) is 1. The van der Waals surface area contributed by atoms with E-state index in [0.717, 1.165) is 0 Å². The third-order valence-corrected chi connectivity index (χ3v) is 1.54. The Labute approximate surface area is 65.6 Å². The molecule has 0 aromatic rings. The highest BCUT2D eigenvalue weighted by atomic mass is 19.1. The van der Waals surface area contributed by atoms with E-state index in [1.165, 1.54) is 4.90 Å². The molecule has 1 fully saturated rings. The molecule has 0 atom stereocenters. The minimum absolute atomic E-state index is 0.126. The van der Waals surface area contributed by atoms with Crippen LogP contribution in [0, 0.1) is 0 Å². The van der Waals surface area contributed by atoms with Gasteiger partial charge in [0.15, 0.2) is 0 Å². The van der Waals surface area contributed by atoms with Gasteiger partial charge >= 0.3 is 6.03 Å². The van der Waals surface area contributed by atoms with Gasteiger partial charge < -0.3 is 10.2 Å². The topological polar surface area (TPSA) is 32.3 Å². The highest BCUT2D eigenvalue weighted by Crippen LogP contribution is 2.10. The molecule has 1 aliphatic heterocycles. The molecular weight excluding hydrogens is 147 g/mol. The average molecular weight is 160 g/mol. The summed E-state index contributed by atoms with van der Waals surface area (Å²) in [5.74, 6) is 0. The zero-order valence-electron chi connectivity index (χ0n) is 6.80. The third kappa shape index (κ3) is 2.06. The molecule has 0 bridgehead atoms. The number of hydrogen-bond donors (Lipinski definition) is 1. The first-order chi connectivity index (χ1) is 5.09. The molecule has 64 valence electrons. The number of urea groups is 1. The van der Waals surface area contributed by atoms with Crippen molar-refractivity contribution in [2.24, 2.45) is 0 Å². The first-order valence-corrected chi connectivity index (χ1v) is 3.79. The van der Waals surface area contributed by atoms with Gasteiger partial charge in [-0.1, -0.05) is 0 Å². The smallest absolute Gasteiger partial charge is 0.317 e. The van der Waals surface area contributed by atoms with Gasteiger partial charge in [-0.15, -0.1) is 0 Å². The zero-order valence-corrected chi connectivity index (χ0v) is 6.80. The summed E-state index contributed by atoms with van der Waals surface area (Å²) in [6.07, 6.45) is -0.812. The van der Waals surface area contributed by atoms with Crippen LogP contribution in [0.2, 0.25) is 0 Å². The first-order valence-electron chi connectivity index (χ1n) is 3.79. The lowest BCUT2D eigenvalue weighted by molar-refractivity contribution is 0.0888. The Balaban J connectivity index is 2.21. The Kier molecular flexibility index (Phi) is 2.31. The molecule has 1 saturated heterocycles. The van der Waals surface area contributed by atoms with Crippen molar-refractivity contribution in [2.45, 2.75) is 26.1 Å². The van der Waals surface area contributed by atoms with Crippen LogP contribution in [0.4, 0.5) is 9.18 Å². The van der Waals surface area contributed by atoms with E-state index in [1.807, 2.05) is 13.8 Å². The highest BCUT2D eigenvalue weighted by Gasteiger charge is 2.30. The Hall–Kier alpha value is -0.800. The Bertz CT molecular complexity index is 155. The van der Waals surface area contributed by atoms with Crippen LogP contribution in [0.15, 0.2) is 0 Å². The normalized spacial score (nSPS) is 18.4. The van der Waals surface area contributed by atoms with Crippen LogP contribution in [0.25, 0.3) is 0 Å². The molecule has 1 N–H and O–H groups in total. The fraction of sp³-hybridized carbons (Fsp3) is 0.857. The fourth-order valence-corrected chi connectivity index (χ4v) is 0.929. The number of rotatable bonds is 1. The van der Waals surface area contributed by atoms with Crippen molar-refractivity contribution in [3.63, 3.8) is 0 Å². The van der Waals surface area contributed by atoms with E-state index < -0.39 is 6.17 Å². The average Bonchev–Trinajstić information content (AvgIpc) is 1.79. The quantitative estimate of drug-likeness (QED) is 0.603. The molecule has 0 aromatic carbocycles. The largest absolute Gasteiger partial charge is 0.336 e. The van der Waals surface area contributed by atoms with Crippen LogP contribution in [0.1, 0.15) is 13.8 Å². The maximum atomic E-state index is 12.2. The highest BCUT2D eigenvalue weighted by molar-refractivity contribution is 5.75. The summed E-state index contributed by atoms with van der Waals surface area (Å²) < 4.78 is 12.2. The monoisotopic (exact) mass is 160 g/mol. The van der Waals surface area contributed by atoms with Crippen molar-refractivity contribution < 1.29 is 9.18 Å². The molecule has 1 heterocycles. The van der Waals surface area contributed by atoms with Crippen LogP contribution in [0.5, 0.6) is 0 Å². The number of amides is 2. The van der Waals surface area contributed by atoms with E-state index in [0.29, 0.717) is 0 Å². The summed E-state index contributed by atoms with van der Waals surface area (Å²) >= 11 is 0. The van der Waals surface area contributed by atoms with Gasteiger partial charge in [0.1, 0.15) is 6.17 Å². The van der Waals surface area contributed by atoms with Gasteiger partial charge in [0.2, 0.25) is 0 Å². The number of likely N-dealkylation sites (tertiary alicyclic amines) is 1. The van der Waals surface area contributed by atoms with Crippen molar-refractivity contribution in [3.8, 4) is 0 Å². The third-order valence-electron chi connectivity index (χ3n) is 1.54. The predicted molar refractivity (Wildman–Crippen MR) is 40.1 cm³/mol. The predicted octanol–water partition coefficient (Wildman–Crippen LogP) is 0.758. The van der Waals surface area contributed by atoms with Gasteiger partial charge in [-0.05, 0) is 13.8 Å². The van der Waals surface area contributed by atoms with Gasteiger partial charge in [-0.2, -0.15) is 0 Å². The standard InChI is InChI=1S/C7H13FN2O/c1-5(2)9-7(11)10-3-6(8)4-10/h5-6H,3-4H2,1-2H3,(H,9,11). The van der Waals surface area contributed by atoms with E-state index in [4.69, 9.17) is 0 Å². The van der Waals surface area contributed by atoms with Gasteiger partial charge in [-0.3, -0.25) is 0 Å². The van der Waals surface area contributed by atoms with Gasteiger partial charge in [0, 0.05) is 6.04 Å². The van der Waals surface area contributed by atoms with Crippen molar-refractivity contribution in [3.05, 3.63) is 0 Å². The number of hydrogen-bond acceptors (Lipinski definition) is 1. The van der Waals surface area contributed by atoms with Crippen molar-refractivity contribution in [1.29, 1.82) is 0 Å². The lowest BCUT2D eigenvalue weighted by Gasteiger charge is -2.34. The minimum Gasteiger partial charge on any atom is -0.336 e. The molecule has 3 nitrogen and oxygen atoms in total. The molecule has 1 rings (SSSR count). The Morgan fingerprint density at radius 1 is 1.64 bits per heavy atom. The molecule has 1 aliphatic rings. The van der Waals surface area contributed by atoms with Gasteiger partial charge in [0.25, 0.3) is 0 Å². The minimum atomic E-state index is -0.812. The van der Waals surface area contributed by atoms with Crippen molar-refractivity contribution in [1.82, 2.24) is 10.2 Å². The first kappa shape index (κ1) is 8.30. The summed E-state index contributed by atoms with van der Waals surface area (Å²) in [7, 11) is 0. The molecule has 4 heteroatoms. The summed E-state index contributed by atoms with van der Waals surface area (Å²) in [6.45, 7) is 4.26. The summed E-state index contributed by atoms with van der Waals surface area (Å²) in [6, 6.07) is -0.0324. The summed E-state index contributed by atoms with van der Waals surface area (Å²) in [5, 5.41) is 2.69. The number of nitrogens with zero attached hydrogens (tertiary/aromatic N) is 1. The van der Waals surface area contributed by atoms with Crippen LogP contribution >= 0.6 is 0 Å². The van der Waals surface area contributed by atoms with E-state index in [-0.39, 0.29) is 25.2 Å². The second kappa shape index (κ2) is 3.07. The molecule has 0 saturated carbocycles. The molecule has 2 amide bonds. The van der Waals surface area contributed by atoms with Gasteiger partial charge in [-0.25, -0.2) is 9.18 Å². The van der Waals surface area contributed by atoms with Crippen LogP contribution in [0.3, 0.4) is 0 Å². The Morgan fingerprint density at radius 3 is 2.55 bits per heavy atom. The van der Waals surface area contributed by atoms with Crippen LogP contribution < -0.4 is 5.32 Å². The van der Waals surface area contributed by atoms with Crippen molar-refractivity contribution in [2.75, 3.05) is 13.1 Å². The number of carbonyl (C=O) groups is 1. The lowest BCUT2D eigenvalue weighted by Crippen LogP contribution is -2.56. The Morgan fingerprint density at radius 2 is 2.18 bits per heavy atom. The summed E-state index contributed by atoms with van der Waals surface area (Å²) in [5.41, 5.74) is 0. The van der Waals surface area contributed by atoms with Gasteiger partial charge in [0.05, 0.1) is 13.1 Å². The van der Waals surface area contributed by atoms with E-state index >= 15 is 0 Å². The molecule has 0 radical (unpaired) electrons. The maximum absolute atomic E-state index is 12.2. The van der Waals surface area contributed by atoms with Crippen LogP contribution in [-0.2, 0) is 0 Å². The molecule has 0 spiro atoms. The maximum Gasteiger partial charge on any atom is 0.317 e. The van der Waals surface area contributed by atoms with E-state index in [1.54, 1.807) is 0 Å². The summed E-state index contributed by atoms with van der Waals surface area (Å²) in [4.78, 5) is 12.5. The number of alkyl halides is 1. The SMILES string of the molecule is CC(C)NC(=O)N1CC(F)C1. The van der Waals surface area contributed by atoms with Crippen LogP contribution in [-0.4, -0.2) is 36.2 Å². The fourth-order valence-electron chi connectivity index (χ4n) is 0.929. The molecule has 11 heavy (non-hydrogen) atoms. The second-order valence-corrected chi connectivity index (χ2v) is 3.11. The second-order valence-electron chi connectivity index (χ2n) is 3.11. The molecular formula is C7H13FN2O.